The normalized spacial score (nSPS) is 4.00. The van der Waals surface area contributed by atoms with Gasteiger partial charge in [-0.3, -0.25) is 0 Å². The van der Waals surface area contributed by atoms with Gasteiger partial charge in [0.1, 0.15) is 0 Å². The molecule has 0 bridgehead atoms. The van der Waals surface area contributed by atoms with E-state index in [4.69, 9.17) is 0 Å². The molecule has 0 aliphatic carbocycles. The monoisotopic (exact) mass is 260 g/mol. The van der Waals surface area contributed by atoms with Gasteiger partial charge in [0, 0.05) is 35.3 Å². The van der Waals surface area contributed by atoms with Crippen LogP contribution in [0, 0.1) is 0 Å². The fourth-order valence-electron chi connectivity index (χ4n) is 0. The second-order valence-electron chi connectivity index (χ2n) is 0.408. The van der Waals surface area contributed by atoms with Crippen LogP contribution in [0.1, 0.15) is 13.8 Å². The molecule has 0 aromatic heterocycles. The summed E-state index contributed by atoms with van der Waals surface area (Å²) in [4.78, 5) is 0. The SMILES string of the molecule is CC.COC.[W]. The average molecular weight is 260 g/mol. The van der Waals surface area contributed by atoms with Gasteiger partial charge in [-0.25, -0.2) is 0 Å². The molecule has 0 fully saturated rings. The second kappa shape index (κ2) is 44.9. The van der Waals surface area contributed by atoms with Crippen LogP contribution in [0.3, 0.4) is 0 Å². The third-order valence-electron chi connectivity index (χ3n) is 0. The van der Waals surface area contributed by atoms with E-state index in [0.29, 0.717) is 0 Å². The van der Waals surface area contributed by atoms with Crippen molar-refractivity contribution in [1.82, 2.24) is 0 Å². The third-order valence-corrected chi connectivity index (χ3v) is 0. The molecule has 40 valence electrons. The Morgan fingerprint density at radius 1 is 1.00 bits per heavy atom. The van der Waals surface area contributed by atoms with Gasteiger partial charge in [0.05, 0.1) is 0 Å². The zero-order valence-corrected chi connectivity index (χ0v) is 7.75. The Balaban J connectivity index is -0.0000000275. The van der Waals surface area contributed by atoms with Crippen molar-refractivity contribution in [3.8, 4) is 0 Å². The zero-order chi connectivity index (χ0) is 4.71. The molecule has 0 saturated heterocycles. The smallest absolute Gasteiger partial charge is 0.0351 e. The molecular weight excluding hydrogens is 248 g/mol. The van der Waals surface area contributed by atoms with Gasteiger partial charge in [-0.2, -0.15) is 0 Å². The first kappa shape index (κ1) is 15.9. The molecule has 0 amide bonds. The Labute approximate surface area is 54.3 Å². The summed E-state index contributed by atoms with van der Waals surface area (Å²) in [5.41, 5.74) is 0. The Kier molecular flexibility index (Phi) is 119. The largest absolute Gasteiger partial charge is 0.388 e. The van der Waals surface area contributed by atoms with Crippen molar-refractivity contribution in [3.63, 3.8) is 0 Å². The van der Waals surface area contributed by atoms with Crippen LogP contribution in [0.4, 0.5) is 0 Å². The summed E-state index contributed by atoms with van der Waals surface area (Å²) in [6, 6.07) is 0. The van der Waals surface area contributed by atoms with Crippen LogP contribution < -0.4 is 0 Å². The summed E-state index contributed by atoms with van der Waals surface area (Å²) in [5.74, 6) is 0. The topological polar surface area (TPSA) is 9.23 Å². The van der Waals surface area contributed by atoms with E-state index < -0.39 is 0 Å². The molecule has 0 rings (SSSR count). The van der Waals surface area contributed by atoms with Crippen molar-refractivity contribution in [2.45, 2.75) is 13.8 Å². The van der Waals surface area contributed by atoms with Crippen molar-refractivity contribution in [3.05, 3.63) is 0 Å². The molecule has 0 heterocycles. The number of hydrogen-bond acceptors (Lipinski definition) is 1. The summed E-state index contributed by atoms with van der Waals surface area (Å²) in [6.07, 6.45) is 0. The van der Waals surface area contributed by atoms with Crippen LogP contribution in [-0.4, -0.2) is 14.2 Å². The molecule has 0 N–H and O–H groups in total. The van der Waals surface area contributed by atoms with Gasteiger partial charge in [0.2, 0.25) is 0 Å². The number of rotatable bonds is 0. The Bertz CT molecular complexity index is 7.51. The van der Waals surface area contributed by atoms with Gasteiger partial charge in [-0.1, -0.05) is 13.8 Å². The van der Waals surface area contributed by atoms with Crippen molar-refractivity contribution >= 4 is 0 Å². The quantitative estimate of drug-likeness (QED) is 0.637. The minimum Gasteiger partial charge on any atom is -0.388 e. The molecule has 0 atom stereocenters. The molecule has 0 aromatic rings. The molecule has 6 heavy (non-hydrogen) atoms. The van der Waals surface area contributed by atoms with E-state index >= 15 is 0 Å². The maximum atomic E-state index is 4.25. The molecule has 2 heteroatoms. The van der Waals surface area contributed by atoms with Crippen LogP contribution in [0.25, 0.3) is 0 Å². The van der Waals surface area contributed by atoms with Crippen molar-refractivity contribution < 1.29 is 25.8 Å². The van der Waals surface area contributed by atoms with Crippen molar-refractivity contribution in [1.29, 1.82) is 0 Å². The molecule has 0 saturated carbocycles. The molecule has 0 unspecified atom stereocenters. The first-order chi connectivity index (χ1) is 2.41. The molecule has 1 nitrogen and oxygen atoms in total. The first-order valence-corrected chi connectivity index (χ1v) is 1.82. The van der Waals surface area contributed by atoms with E-state index in [0.717, 1.165) is 0 Å². The average Bonchev–Trinajstić information content (AvgIpc) is 1.46. The Morgan fingerprint density at radius 3 is 1.00 bits per heavy atom. The number of methoxy groups -OCH3 is 1. The maximum absolute atomic E-state index is 4.25. The van der Waals surface area contributed by atoms with Gasteiger partial charge >= 0.3 is 0 Å². The van der Waals surface area contributed by atoms with Crippen molar-refractivity contribution in [2.75, 3.05) is 14.2 Å². The van der Waals surface area contributed by atoms with E-state index in [9.17, 15) is 0 Å². The summed E-state index contributed by atoms with van der Waals surface area (Å²) in [5, 5.41) is 0. The zero-order valence-electron chi connectivity index (χ0n) is 4.82. The fourth-order valence-corrected chi connectivity index (χ4v) is 0. The first-order valence-electron chi connectivity index (χ1n) is 1.82. The summed E-state index contributed by atoms with van der Waals surface area (Å²) in [6.45, 7) is 4.00. The Hall–Kier alpha value is 0.648. The van der Waals surface area contributed by atoms with Gasteiger partial charge in [0.25, 0.3) is 0 Å². The molecular formula is C4H12OW. The number of ether oxygens (including phenoxy) is 1. The minimum absolute atomic E-state index is 0. The van der Waals surface area contributed by atoms with E-state index in [-0.39, 0.29) is 21.1 Å². The summed E-state index contributed by atoms with van der Waals surface area (Å²) >= 11 is 0. The van der Waals surface area contributed by atoms with Crippen LogP contribution in [0.15, 0.2) is 0 Å². The van der Waals surface area contributed by atoms with Gasteiger partial charge in [-0.15, -0.1) is 0 Å². The van der Waals surface area contributed by atoms with Gasteiger partial charge in [-0.05, 0) is 0 Å². The Morgan fingerprint density at radius 2 is 1.00 bits per heavy atom. The molecule has 0 spiro atoms. The molecule has 0 aromatic carbocycles. The fraction of sp³-hybridized carbons (Fsp3) is 1.00. The third kappa shape index (κ3) is 147. The molecule has 0 aliphatic heterocycles. The van der Waals surface area contributed by atoms with Crippen LogP contribution in [-0.2, 0) is 25.8 Å². The van der Waals surface area contributed by atoms with E-state index in [1.165, 1.54) is 0 Å². The molecule has 0 aliphatic rings. The molecule has 0 radical (unpaired) electrons. The van der Waals surface area contributed by atoms with Crippen molar-refractivity contribution in [2.24, 2.45) is 0 Å². The van der Waals surface area contributed by atoms with Crippen LogP contribution in [0.5, 0.6) is 0 Å². The minimum atomic E-state index is 0. The predicted octanol–water partition coefficient (Wildman–Crippen LogP) is 1.29. The standard InChI is InChI=1S/C2H6O.C2H6.W/c1-3-2;1-2;/h1-2H3;1-2H3;. The maximum Gasteiger partial charge on any atom is 0.0351 e. The summed E-state index contributed by atoms with van der Waals surface area (Å²) in [7, 11) is 3.25. The number of hydrogen-bond donors (Lipinski definition) is 0. The van der Waals surface area contributed by atoms with Crippen LogP contribution >= 0.6 is 0 Å². The van der Waals surface area contributed by atoms with E-state index in [1.54, 1.807) is 14.2 Å². The van der Waals surface area contributed by atoms with Crippen LogP contribution in [0.2, 0.25) is 0 Å². The van der Waals surface area contributed by atoms with Gasteiger partial charge < -0.3 is 4.74 Å². The predicted molar refractivity (Wildman–Crippen MR) is 24.3 cm³/mol. The van der Waals surface area contributed by atoms with Gasteiger partial charge in [0.15, 0.2) is 0 Å². The summed E-state index contributed by atoms with van der Waals surface area (Å²) < 4.78 is 4.25. The van der Waals surface area contributed by atoms with E-state index in [1.807, 2.05) is 13.8 Å². The van der Waals surface area contributed by atoms with E-state index in [2.05, 4.69) is 4.74 Å². The second-order valence-corrected chi connectivity index (χ2v) is 0.408.